The summed E-state index contributed by atoms with van der Waals surface area (Å²) in [7, 11) is 1.48. The van der Waals surface area contributed by atoms with E-state index in [0.717, 1.165) is 39.3 Å². The van der Waals surface area contributed by atoms with Crippen molar-refractivity contribution in [3.63, 3.8) is 0 Å². The Morgan fingerprint density at radius 1 is 0.976 bits per heavy atom. The van der Waals surface area contributed by atoms with Gasteiger partial charge >= 0.3 is 0 Å². The third kappa shape index (κ3) is 6.61. The Bertz CT molecular complexity index is 1570. The van der Waals surface area contributed by atoms with Gasteiger partial charge in [-0.25, -0.2) is 8.78 Å². The first kappa shape index (κ1) is 28.0. The molecule has 3 N–H and O–H groups in total. The largest absolute Gasteiger partial charge is 0.496 e. The van der Waals surface area contributed by atoms with Gasteiger partial charge in [-0.1, -0.05) is 30.3 Å². The van der Waals surface area contributed by atoms with Gasteiger partial charge < -0.3 is 20.5 Å². The molecule has 4 aromatic carbocycles. The molecule has 1 amide bonds. The number of aliphatic hydroxyl groups excluding tert-OH is 1. The first-order valence-electron chi connectivity index (χ1n) is 13.4. The molecule has 1 aliphatic rings. The number of hydrogen-bond donors (Lipinski definition) is 3. The lowest BCUT2D eigenvalue weighted by Crippen LogP contribution is -2.33. The van der Waals surface area contributed by atoms with E-state index in [2.05, 4.69) is 15.6 Å². The molecule has 0 fully saturated rings. The highest BCUT2D eigenvalue weighted by Crippen LogP contribution is 2.34. The van der Waals surface area contributed by atoms with Crippen LogP contribution in [0, 0.1) is 11.6 Å². The van der Waals surface area contributed by atoms with E-state index in [-0.39, 0.29) is 17.5 Å². The Labute approximate surface area is 237 Å². The van der Waals surface area contributed by atoms with Crippen LogP contribution >= 0.6 is 0 Å². The topological polar surface area (TPSA) is 83.0 Å². The number of hydrogen-bond acceptors (Lipinski definition) is 4. The molecule has 0 heterocycles. The predicted octanol–water partition coefficient (Wildman–Crippen LogP) is 6.10. The molecule has 0 aliphatic heterocycles. The number of rotatable bonds is 8. The second-order valence-corrected chi connectivity index (χ2v) is 10.0. The molecule has 0 bridgehead atoms. The maximum absolute atomic E-state index is 13.6. The van der Waals surface area contributed by atoms with Crippen molar-refractivity contribution in [1.82, 2.24) is 5.32 Å². The number of carbonyl (C=O) groups excluding carboxylic acids is 1. The zero-order valence-electron chi connectivity index (χ0n) is 22.8. The van der Waals surface area contributed by atoms with Crippen LogP contribution in [0.15, 0.2) is 89.9 Å². The van der Waals surface area contributed by atoms with Gasteiger partial charge in [0.15, 0.2) is 0 Å². The molecule has 6 nitrogen and oxygen atoms in total. The zero-order valence-corrected chi connectivity index (χ0v) is 22.8. The fourth-order valence-electron chi connectivity index (χ4n) is 5.05. The number of nitrogens with one attached hydrogen (secondary N) is 2. The Morgan fingerprint density at radius 3 is 2.44 bits per heavy atom. The van der Waals surface area contributed by atoms with E-state index < -0.39 is 12.1 Å². The van der Waals surface area contributed by atoms with E-state index in [1.54, 1.807) is 42.5 Å². The molecule has 5 rings (SSSR count). The number of methoxy groups -OCH3 is 1. The van der Waals surface area contributed by atoms with Crippen LogP contribution in [-0.4, -0.2) is 36.6 Å². The number of amidine groups is 1. The number of fused-ring (bicyclic) bond motifs is 1. The highest BCUT2D eigenvalue weighted by Gasteiger charge is 2.32. The molecule has 41 heavy (non-hydrogen) atoms. The number of carbonyl (C=O) groups is 1. The van der Waals surface area contributed by atoms with E-state index in [9.17, 15) is 18.7 Å². The maximum Gasteiger partial charge on any atom is 0.251 e. The highest BCUT2D eigenvalue weighted by atomic mass is 19.1. The van der Waals surface area contributed by atoms with Gasteiger partial charge in [-0.3, -0.25) is 9.79 Å². The summed E-state index contributed by atoms with van der Waals surface area (Å²) in [4.78, 5) is 17.7. The van der Waals surface area contributed by atoms with Crippen molar-refractivity contribution in [1.29, 1.82) is 0 Å². The van der Waals surface area contributed by atoms with E-state index in [1.165, 1.54) is 31.4 Å². The molecule has 2 atom stereocenters. The predicted molar refractivity (Wildman–Crippen MR) is 156 cm³/mol. The lowest BCUT2D eigenvalue weighted by Gasteiger charge is -2.19. The Kier molecular flexibility index (Phi) is 8.40. The van der Waals surface area contributed by atoms with Gasteiger partial charge in [-0.2, -0.15) is 0 Å². The van der Waals surface area contributed by atoms with E-state index >= 15 is 0 Å². The van der Waals surface area contributed by atoms with E-state index in [0.29, 0.717) is 30.7 Å². The van der Waals surface area contributed by atoms with Gasteiger partial charge in [-0.15, -0.1) is 0 Å². The molecule has 210 valence electrons. The second kappa shape index (κ2) is 12.3. The smallest absolute Gasteiger partial charge is 0.251 e. The first-order chi connectivity index (χ1) is 19.8. The summed E-state index contributed by atoms with van der Waals surface area (Å²) in [6.07, 6.45) is 0.383. The lowest BCUT2D eigenvalue weighted by atomic mass is 10.0. The van der Waals surface area contributed by atoms with Crippen LogP contribution in [0.4, 0.5) is 14.5 Å². The zero-order chi connectivity index (χ0) is 28.9. The summed E-state index contributed by atoms with van der Waals surface area (Å²) in [6.45, 7) is 2.43. The van der Waals surface area contributed by atoms with Crippen LogP contribution in [0.2, 0.25) is 0 Å². The molecule has 1 aliphatic carbocycles. The lowest BCUT2D eigenvalue weighted by molar-refractivity contribution is 0.0858. The number of anilines is 1. The first-order valence-corrected chi connectivity index (χ1v) is 13.4. The van der Waals surface area contributed by atoms with Crippen LogP contribution in [0.25, 0.3) is 11.1 Å². The molecule has 0 saturated heterocycles. The van der Waals surface area contributed by atoms with Gasteiger partial charge in [0, 0.05) is 35.8 Å². The number of aliphatic hydroxyl groups is 1. The van der Waals surface area contributed by atoms with Crippen LogP contribution < -0.4 is 15.4 Å². The fraction of sp³-hybridized carbons (Fsp3) is 0.212. The van der Waals surface area contributed by atoms with Crippen molar-refractivity contribution in [2.75, 3.05) is 19.0 Å². The van der Waals surface area contributed by atoms with Crippen LogP contribution in [0.5, 0.6) is 5.75 Å². The molecule has 0 spiro atoms. The monoisotopic (exact) mass is 555 g/mol. The SMILES string of the molecule is COc1cc(F)ccc1-c1ccc(C(=O)N[C@@H]2c3cc(NC(C)=NCCc4ccc(F)cc4)ccc3C[C@H]2O)cc1. The minimum Gasteiger partial charge on any atom is -0.496 e. The summed E-state index contributed by atoms with van der Waals surface area (Å²) in [5.74, 6) is 0.178. The van der Waals surface area contributed by atoms with Crippen LogP contribution in [-0.2, 0) is 12.8 Å². The fourth-order valence-corrected chi connectivity index (χ4v) is 5.05. The Balaban J connectivity index is 1.24. The van der Waals surface area contributed by atoms with Gasteiger partial charge in [-0.05, 0) is 84.1 Å². The molecular formula is C33H31F2N3O3. The summed E-state index contributed by atoms with van der Waals surface area (Å²) in [6, 6.07) is 22.9. The maximum atomic E-state index is 13.6. The summed E-state index contributed by atoms with van der Waals surface area (Å²) < 4.78 is 32.0. The van der Waals surface area contributed by atoms with Crippen molar-refractivity contribution < 1.29 is 23.4 Å². The summed E-state index contributed by atoms with van der Waals surface area (Å²) in [5.41, 5.74) is 5.58. The van der Waals surface area contributed by atoms with Crippen molar-refractivity contribution in [3.05, 3.63) is 119 Å². The Hall–Kier alpha value is -4.56. The average Bonchev–Trinajstić information content (AvgIpc) is 3.28. The van der Waals surface area contributed by atoms with Gasteiger partial charge in [0.05, 0.1) is 25.1 Å². The molecule has 8 heteroatoms. The third-order valence-corrected chi connectivity index (χ3v) is 7.19. The normalized spacial score (nSPS) is 16.3. The van der Waals surface area contributed by atoms with Crippen LogP contribution in [0.1, 0.15) is 40.0 Å². The standard InChI is InChI=1S/C33H31F2N3O3/c1-20(36-16-15-21-3-10-25(34)11-4-21)37-27-13-9-24-17-30(39)32(29(24)19-27)38-33(40)23-7-5-22(6-8-23)28-14-12-26(35)18-31(28)41-2/h3-14,18-19,30,32,39H,15-17H2,1-2H3,(H,36,37)(H,38,40)/t30-,32-/m1/s1. The van der Waals surface area contributed by atoms with Crippen molar-refractivity contribution in [2.24, 2.45) is 4.99 Å². The van der Waals surface area contributed by atoms with E-state index in [1.807, 2.05) is 25.1 Å². The Morgan fingerprint density at radius 2 is 1.71 bits per heavy atom. The molecule has 0 unspecified atom stereocenters. The summed E-state index contributed by atoms with van der Waals surface area (Å²) >= 11 is 0. The highest BCUT2D eigenvalue weighted by molar-refractivity contribution is 5.95. The van der Waals surface area contributed by atoms with Gasteiger partial charge in [0.1, 0.15) is 17.4 Å². The molecular weight excluding hydrogens is 524 g/mol. The average molecular weight is 556 g/mol. The van der Waals surface area contributed by atoms with Gasteiger partial charge in [0.2, 0.25) is 0 Å². The molecule has 0 saturated carbocycles. The van der Waals surface area contributed by atoms with E-state index in [4.69, 9.17) is 4.74 Å². The van der Waals surface area contributed by atoms with Crippen molar-refractivity contribution in [3.8, 4) is 16.9 Å². The van der Waals surface area contributed by atoms with Crippen LogP contribution in [0.3, 0.4) is 0 Å². The minimum absolute atomic E-state index is 0.257. The molecule has 4 aromatic rings. The second-order valence-electron chi connectivity index (χ2n) is 10.0. The summed E-state index contributed by atoms with van der Waals surface area (Å²) in [5, 5.41) is 17.0. The van der Waals surface area contributed by atoms with Gasteiger partial charge in [0.25, 0.3) is 5.91 Å². The number of amides is 1. The number of halogens is 2. The quantitative estimate of drug-likeness (QED) is 0.181. The number of nitrogens with zero attached hydrogens (tertiary/aromatic N) is 1. The minimum atomic E-state index is -0.752. The molecule has 0 aromatic heterocycles. The van der Waals surface area contributed by atoms with Crippen molar-refractivity contribution in [2.45, 2.75) is 31.9 Å². The molecule has 0 radical (unpaired) electrons. The number of aliphatic imine (C=N–C) groups is 1. The number of ether oxygens (including phenoxy) is 1. The van der Waals surface area contributed by atoms with Crippen molar-refractivity contribution >= 4 is 17.4 Å². The number of benzene rings is 4. The third-order valence-electron chi connectivity index (χ3n) is 7.19.